The lowest BCUT2D eigenvalue weighted by Crippen LogP contribution is -2.57. The summed E-state index contributed by atoms with van der Waals surface area (Å²) < 4.78 is 2.28. The van der Waals surface area contributed by atoms with E-state index in [4.69, 9.17) is 9.98 Å². The van der Waals surface area contributed by atoms with Gasteiger partial charge in [0.05, 0.1) is 30.1 Å². The molecule has 1 atom stereocenters. The topological polar surface area (TPSA) is 64.8 Å². The standard InChI is InChI=1S/C25H26N8/c1-30(2)20-12-10-18(11-13-20)23-29-24-27-16-31(15-19-7-5-6-14-26-19)17-32(24)25-28-21-8-3-4-9-22(21)33(23)25/h3-14,23H,15-17H2,1-2H3,(H,27,29)/t23-/m1/s1. The van der Waals surface area contributed by atoms with Crippen LogP contribution >= 0.6 is 0 Å². The Morgan fingerprint density at radius 1 is 1.00 bits per heavy atom. The smallest absolute Gasteiger partial charge is 0.216 e. The highest BCUT2D eigenvalue weighted by Gasteiger charge is 2.35. The van der Waals surface area contributed by atoms with Crippen LogP contribution in [-0.4, -0.2) is 52.8 Å². The van der Waals surface area contributed by atoms with Gasteiger partial charge in [0.15, 0.2) is 0 Å². The fourth-order valence-electron chi connectivity index (χ4n) is 4.52. The van der Waals surface area contributed by atoms with Crippen molar-refractivity contribution < 1.29 is 0 Å². The Morgan fingerprint density at radius 3 is 2.61 bits per heavy atom. The predicted octanol–water partition coefficient (Wildman–Crippen LogP) is 3.24. The third-order valence-corrected chi connectivity index (χ3v) is 6.20. The van der Waals surface area contributed by atoms with E-state index in [0.717, 1.165) is 35.2 Å². The van der Waals surface area contributed by atoms with Crippen LogP contribution in [0, 0.1) is 0 Å². The average molecular weight is 439 g/mol. The van der Waals surface area contributed by atoms with Gasteiger partial charge in [-0.05, 0) is 42.0 Å². The highest BCUT2D eigenvalue weighted by atomic mass is 15.5. The summed E-state index contributed by atoms with van der Waals surface area (Å²) in [4.78, 5) is 20.9. The summed E-state index contributed by atoms with van der Waals surface area (Å²) in [7, 11) is 4.11. The minimum absolute atomic E-state index is 0.0825. The maximum absolute atomic E-state index is 5.02. The van der Waals surface area contributed by atoms with E-state index >= 15 is 0 Å². The van der Waals surface area contributed by atoms with Gasteiger partial charge in [-0.25, -0.2) is 9.98 Å². The lowest BCUT2D eigenvalue weighted by atomic mass is 10.1. The second-order valence-corrected chi connectivity index (χ2v) is 8.65. The molecular weight excluding hydrogens is 412 g/mol. The fourth-order valence-corrected chi connectivity index (χ4v) is 4.52. The van der Waals surface area contributed by atoms with Crippen LogP contribution in [0.3, 0.4) is 0 Å². The number of pyridine rings is 1. The largest absolute Gasteiger partial charge is 0.378 e. The molecule has 2 aromatic carbocycles. The van der Waals surface area contributed by atoms with Crippen molar-refractivity contribution in [3.63, 3.8) is 0 Å². The van der Waals surface area contributed by atoms with Crippen LogP contribution in [0.5, 0.6) is 0 Å². The number of nitrogens with zero attached hydrogens (tertiary/aromatic N) is 7. The van der Waals surface area contributed by atoms with Crippen LogP contribution in [0.4, 0.5) is 11.6 Å². The Bertz CT molecular complexity index is 1310. The van der Waals surface area contributed by atoms with E-state index in [0.29, 0.717) is 13.3 Å². The number of rotatable bonds is 4. The van der Waals surface area contributed by atoms with Crippen LogP contribution in [0.25, 0.3) is 11.0 Å². The quantitative estimate of drug-likeness (QED) is 0.528. The molecule has 1 N–H and O–H groups in total. The Hall–Kier alpha value is -3.91. The van der Waals surface area contributed by atoms with E-state index in [1.54, 1.807) is 0 Å². The lowest BCUT2D eigenvalue weighted by Gasteiger charge is -2.41. The Kier molecular flexibility index (Phi) is 4.73. The molecule has 0 radical (unpaired) electrons. The van der Waals surface area contributed by atoms with Crippen molar-refractivity contribution in [2.75, 3.05) is 37.2 Å². The summed E-state index contributed by atoms with van der Waals surface area (Å²) in [5.41, 5.74) is 5.46. The number of aromatic nitrogens is 3. The molecule has 0 bridgehead atoms. The van der Waals surface area contributed by atoms with E-state index in [1.165, 1.54) is 11.3 Å². The van der Waals surface area contributed by atoms with Gasteiger partial charge in [-0.15, -0.1) is 0 Å². The van der Waals surface area contributed by atoms with Crippen molar-refractivity contribution >= 4 is 28.6 Å². The number of fused-ring (bicyclic) bond motifs is 5. The predicted molar refractivity (Wildman–Crippen MR) is 131 cm³/mol. The fraction of sp³-hybridized carbons (Fsp3) is 0.240. The molecule has 0 saturated heterocycles. The Balaban J connectivity index is 1.40. The number of aliphatic imine (C=N–C) groups is 1. The van der Waals surface area contributed by atoms with Crippen molar-refractivity contribution in [1.82, 2.24) is 24.8 Å². The molecule has 8 nitrogen and oxygen atoms in total. The maximum atomic E-state index is 5.02. The van der Waals surface area contributed by atoms with Gasteiger partial charge in [0.1, 0.15) is 6.17 Å². The first-order chi connectivity index (χ1) is 16.2. The van der Waals surface area contributed by atoms with Crippen LogP contribution in [0.15, 0.2) is 77.9 Å². The normalized spacial score (nSPS) is 17.8. The third kappa shape index (κ3) is 3.48. The molecular formula is C25H26N8. The highest BCUT2D eigenvalue weighted by molar-refractivity contribution is 5.98. The van der Waals surface area contributed by atoms with E-state index in [-0.39, 0.29) is 6.17 Å². The second-order valence-electron chi connectivity index (χ2n) is 8.65. The monoisotopic (exact) mass is 438 g/mol. The summed E-state index contributed by atoms with van der Waals surface area (Å²) in [6.07, 6.45) is 1.75. The SMILES string of the molecule is CN(C)c1ccc([C@@H]2NC3=NCN(Cc4ccccn4)CN3c3nc4ccccc4n32)cc1. The molecule has 0 aliphatic carbocycles. The maximum Gasteiger partial charge on any atom is 0.216 e. The number of hydrogen-bond donors (Lipinski definition) is 1. The average Bonchev–Trinajstić information content (AvgIpc) is 3.24. The second kappa shape index (κ2) is 7.90. The molecule has 166 valence electrons. The van der Waals surface area contributed by atoms with Crippen molar-refractivity contribution in [3.8, 4) is 0 Å². The summed E-state index contributed by atoms with van der Waals surface area (Å²) >= 11 is 0. The van der Waals surface area contributed by atoms with Crippen molar-refractivity contribution in [2.24, 2.45) is 4.99 Å². The zero-order chi connectivity index (χ0) is 22.4. The van der Waals surface area contributed by atoms with Gasteiger partial charge in [-0.2, -0.15) is 0 Å². The van der Waals surface area contributed by atoms with Gasteiger partial charge in [-0.3, -0.25) is 19.4 Å². The molecule has 8 heteroatoms. The molecule has 0 unspecified atom stereocenters. The van der Waals surface area contributed by atoms with Crippen LogP contribution in [-0.2, 0) is 6.54 Å². The van der Waals surface area contributed by atoms with Gasteiger partial charge in [0, 0.05) is 32.5 Å². The number of imidazole rings is 1. The highest BCUT2D eigenvalue weighted by Crippen LogP contribution is 2.34. The van der Waals surface area contributed by atoms with Gasteiger partial charge in [0.25, 0.3) is 0 Å². The summed E-state index contributed by atoms with van der Waals surface area (Å²) in [6, 6.07) is 23.0. The summed E-state index contributed by atoms with van der Waals surface area (Å²) in [5, 5.41) is 3.68. The van der Waals surface area contributed by atoms with E-state index in [1.807, 2.05) is 24.4 Å². The molecule has 0 amide bonds. The zero-order valence-corrected chi connectivity index (χ0v) is 18.8. The number of benzene rings is 2. The summed E-state index contributed by atoms with van der Waals surface area (Å²) in [6.45, 7) is 2.05. The third-order valence-electron chi connectivity index (χ3n) is 6.20. The minimum atomic E-state index is -0.0825. The first kappa shape index (κ1) is 19.8. The van der Waals surface area contributed by atoms with E-state index in [2.05, 4.69) is 92.2 Å². The molecule has 0 saturated carbocycles. The molecule has 2 aliphatic heterocycles. The molecule has 4 aromatic rings. The van der Waals surface area contributed by atoms with Crippen molar-refractivity contribution in [2.45, 2.75) is 12.7 Å². The molecule has 2 aromatic heterocycles. The van der Waals surface area contributed by atoms with E-state index < -0.39 is 0 Å². The van der Waals surface area contributed by atoms with Crippen molar-refractivity contribution in [3.05, 3.63) is 84.2 Å². The van der Waals surface area contributed by atoms with Crippen molar-refractivity contribution in [1.29, 1.82) is 0 Å². The zero-order valence-electron chi connectivity index (χ0n) is 18.8. The first-order valence-corrected chi connectivity index (χ1v) is 11.1. The van der Waals surface area contributed by atoms with Gasteiger partial charge in [-0.1, -0.05) is 30.3 Å². The Labute approximate surface area is 192 Å². The van der Waals surface area contributed by atoms with Gasteiger partial charge < -0.3 is 10.2 Å². The molecule has 0 fully saturated rings. The number of nitrogens with one attached hydrogen (secondary N) is 1. The molecule has 4 heterocycles. The minimum Gasteiger partial charge on any atom is -0.378 e. The van der Waals surface area contributed by atoms with E-state index in [9.17, 15) is 0 Å². The lowest BCUT2D eigenvalue weighted by molar-refractivity contribution is 0.261. The number of hydrogen-bond acceptors (Lipinski definition) is 7. The number of anilines is 2. The summed E-state index contributed by atoms with van der Waals surface area (Å²) in [5.74, 6) is 1.76. The molecule has 33 heavy (non-hydrogen) atoms. The van der Waals surface area contributed by atoms with Crippen LogP contribution in [0.1, 0.15) is 17.4 Å². The van der Waals surface area contributed by atoms with Gasteiger partial charge >= 0.3 is 0 Å². The molecule has 0 spiro atoms. The molecule has 2 aliphatic rings. The first-order valence-electron chi connectivity index (χ1n) is 11.1. The van der Waals surface area contributed by atoms with Gasteiger partial charge in [0.2, 0.25) is 11.9 Å². The number of para-hydroxylation sites is 2. The number of guanidine groups is 1. The van der Waals surface area contributed by atoms with Crippen LogP contribution in [0.2, 0.25) is 0 Å². The molecule has 6 rings (SSSR count). The van der Waals surface area contributed by atoms with Crippen LogP contribution < -0.4 is 15.1 Å². The Morgan fingerprint density at radius 2 is 1.82 bits per heavy atom.